The Balaban J connectivity index is 2.09. The Morgan fingerprint density at radius 2 is 2.38 bits per heavy atom. The van der Waals surface area contributed by atoms with Crippen LogP contribution in [-0.2, 0) is 9.47 Å². The fraction of sp³-hybridized carbons (Fsp3) is 0.462. The number of non-ortho nitro benzene ring substituents is 1. The van der Waals surface area contributed by atoms with Crippen molar-refractivity contribution >= 4 is 11.6 Å². The fourth-order valence-corrected chi connectivity index (χ4v) is 2.10. The largest absolute Gasteiger partial charge is 0.378 e. The van der Waals surface area contributed by atoms with Gasteiger partial charge in [0.25, 0.3) is 11.6 Å². The van der Waals surface area contributed by atoms with Crippen LogP contribution in [0.4, 0.5) is 10.1 Å². The zero-order valence-electron chi connectivity index (χ0n) is 11.4. The minimum Gasteiger partial charge on any atom is -0.378 e. The van der Waals surface area contributed by atoms with Crippen LogP contribution in [0.3, 0.4) is 0 Å². The number of nitro benzene ring substituents is 1. The second kappa shape index (κ2) is 6.15. The van der Waals surface area contributed by atoms with Gasteiger partial charge in [0.15, 0.2) is 0 Å². The number of nitro groups is 1. The number of benzene rings is 1. The molecule has 7 nitrogen and oxygen atoms in total. The van der Waals surface area contributed by atoms with Crippen LogP contribution in [0.2, 0.25) is 0 Å². The molecule has 0 bridgehead atoms. The maximum absolute atomic E-state index is 13.6. The quantitative estimate of drug-likeness (QED) is 0.653. The molecular weight excluding hydrogens is 283 g/mol. The molecule has 1 N–H and O–H groups in total. The lowest BCUT2D eigenvalue weighted by Gasteiger charge is -2.25. The number of nitrogens with one attached hydrogen (secondary N) is 1. The van der Waals surface area contributed by atoms with Crippen LogP contribution in [0, 0.1) is 15.9 Å². The minimum absolute atomic E-state index is 0.143. The average molecular weight is 298 g/mol. The van der Waals surface area contributed by atoms with Gasteiger partial charge in [0.1, 0.15) is 11.4 Å². The number of nitrogens with zero attached hydrogens (tertiary/aromatic N) is 1. The molecule has 1 heterocycles. The first kappa shape index (κ1) is 15.3. The van der Waals surface area contributed by atoms with Gasteiger partial charge in [-0.2, -0.15) is 0 Å². The van der Waals surface area contributed by atoms with E-state index in [1.807, 2.05) is 0 Å². The average Bonchev–Trinajstić information content (AvgIpc) is 2.94. The van der Waals surface area contributed by atoms with Gasteiger partial charge in [-0.15, -0.1) is 0 Å². The molecule has 1 aromatic rings. The van der Waals surface area contributed by atoms with E-state index < -0.39 is 22.2 Å². The van der Waals surface area contributed by atoms with E-state index in [-0.39, 0.29) is 17.8 Å². The van der Waals surface area contributed by atoms with Gasteiger partial charge >= 0.3 is 0 Å². The summed E-state index contributed by atoms with van der Waals surface area (Å²) in [6, 6.07) is 2.82. The van der Waals surface area contributed by atoms with Crippen LogP contribution >= 0.6 is 0 Å². The Morgan fingerprint density at radius 1 is 1.62 bits per heavy atom. The Labute approximate surface area is 120 Å². The summed E-state index contributed by atoms with van der Waals surface area (Å²) >= 11 is 0. The first-order valence-corrected chi connectivity index (χ1v) is 6.32. The van der Waals surface area contributed by atoms with Crippen molar-refractivity contribution in [2.45, 2.75) is 12.0 Å². The van der Waals surface area contributed by atoms with E-state index in [9.17, 15) is 19.3 Å². The third-order valence-corrected chi connectivity index (χ3v) is 3.48. The number of rotatable bonds is 5. The second-order valence-corrected chi connectivity index (χ2v) is 4.79. The molecule has 0 aromatic heterocycles. The maximum atomic E-state index is 13.6. The van der Waals surface area contributed by atoms with Crippen molar-refractivity contribution in [3.8, 4) is 0 Å². The zero-order valence-corrected chi connectivity index (χ0v) is 11.4. The number of ether oxygens (including phenoxy) is 2. The molecule has 1 unspecified atom stereocenters. The Morgan fingerprint density at radius 3 is 2.95 bits per heavy atom. The third-order valence-electron chi connectivity index (χ3n) is 3.48. The standard InChI is InChI=1S/C13H15FN2O5/c1-20-13(4-5-21-8-13)7-15-12(17)10-6-9(16(18)19)2-3-11(10)14/h2-3,6H,4-5,7-8H2,1H3,(H,15,17). The molecular formula is C13H15FN2O5. The lowest BCUT2D eigenvalue weighted by molar-refractivity contribution is -0.384. The van der Waals surface area contributed by atoms with E-state index in [0.717, 1.165) is 18.2 Å². The Hall–Kier alpha value is -2.06. The van der Waals surface area contributed by atoms with Crippen molar-refractivity contribution in [1.82, 2.24) is 5.32 Å². The predicted octanol–water partition coefficient (Wildman–Crippen LogP) is 1.27. The van der Waals surface area contributed by atoms with Crippen LogP contribution in [0.25, 0.3) is 0 Å². The number of carbonyl (C=O) groups is 1. The molecule has 0 radical (unpaired) electrons. The van der Waals surface area contributed by atoms with Crippen LogP contribution in [0.1, 0.15) is 16.8 Å². The molecule has 1 atom stereocenters. The summed E-state index contributed by atoms with van der Waals surface area (Å²) in [5, 5.41) is 13.2. The van der Waals surface area contributed by atoms with E-state index in [1.165, 1.54) is 7.11 Å². The van der Waals surface area contributed by atoms with Crippen molar-refractivity contribution in [2.75, 3.05) is 26.9 Å². The number of hydrogen-bond donors (Lipinski definition) is 1. The minimum atomic E-state index is -0.813. The van der Waals surface area contributed by atoms with Crippen LogP contribution in [-0.4, -0.2) is 43.3 Å². The zero-order chi connectivity index (χ0) is 15.5. The Bertz CT molecular complexity index is 557. The predicted molar refractivity (Wildman–Crippen MR) is 70.6 cm³/mol. The molecule has 2 rings (SSSR count). The number of hydrogen-bond acceptors (Lipinski definition) is 5. The smallest absolute Gasteiger partial charge is 0.270 e. The van der Waals surface area contributed by atoms with Crippen molar-refractivity contribution in [3.63, 3.8) is 0 Å². The van der Waals surface area contributed by atoms with E-state index in [4.69, 9.17) is 9.47 Å². The molecule has 1 fully saturated rings. The van der Waals surface area contributed by atoms with Gasteiger partial charge in [-0.05, 0) is 6.07 Å². The van der Waals surface area contributed by atoms with Gasteiger partial charge in [-0.3, -0.25) is 14.9 Å². The SMILES string of the molecule is COC1(CNC(=O)c2cc([N+](=O)[O-])ccc2F)CCOC1. The van der Waals surface area contributed by atoms with Crippen LogP contribution in [0.5, 0.6) is 0 Å². The lowest BCUT2D eigenvalue weighted by Crippen LogP contribution is -2.45. The van der Waals surface area contributed by atoms with Crippen molar-refractivity contribution in [3.05, 3.63) is 39.7 Å². The van der Waals surface area contributed by atoms with Gasteiger partial charge in [-0.25, -0.2) is 4.39 Å². The molecule has 114 valence electrons. The highest BCUT2D eigenvalue weighted by Gasteiger charge is 2.35. The van der Waals surface area contributed by atoms with Gasteiger partial charge < -0.3 is 14.8 Å². The van der Waals surface area contributed by atoms with Crippen LogP contribution in [0.15, 0.2) is 18.2 Å². The van der Waals surface area contributed by atoms with Gasteiger partial charge in [0, 0.05) is 38.8 Å². The molecule has 8 heteroatoms. The first-order valence-electron chi connectivity index (χ1n) is 6.32. The molecule has 1 aromatic carbocycles. The van der Waals surface area contributed by atoms with Gasteiger partial charge in [0.05, 0.1) is 17.1 Å². The topological polar surface area (TPSA) is 90.7 Å². The Kier molecular flexibility index (Phi) is 4.49. The van der Waals surface area contributed by atoms with Crippen LogP contribution < -0.4 is 5.32 Å². The van der Waals surface area contributed by atoms with Crippen molar-refractivity contribution < 1.29 is 23.6 Å². The molecule has 0 saturated carbocycles. The van der Waals surface area contributed by atoms with E-state index in [1.54, 1.807) is 0 Å². The van der Waals surface area contributed by atoms with Crippen molar-refractivity contribution in [2.24, 2.45) is 0 Å². The molecule has 0 spiro atoms. The highest BCUT2D eigenvalue weighted by molar-refractivity contribution is 5.95. The summed E-state index contributed by atoms with van der Waals surface area (Å²) in [6.45, 7) is 1.00. The monoisotopic (exact) mass is 298 g/mol. The second-order valence-electron chi connectivity index (χ2n) is 4.79. The number of halogens is 1. The first-order chi connectivity index (χ1) is 9.97. The van der Waals surface area contributed by atoms with Gasteiger partial charge in [0.2, 0.25) is 0 Å². The number of amides is 1. The van der Waals surface area contributed by atoms with E-state index in [2.05, 4.69) is 5.32 Å². The molecule has 21 heavy (non-hydrogen) atoms. The number of methoxy groups -OCH3 is 1. The third kappa shape index (κ3) is 3.34. The van der Waals surface area contributed by atoms with Gasteiger partial charge in [-0.1, -0.05) is 0 Å². The molecule has 1 amide bonds. The summed E-state index contributed by atoms with van der Waals surface area (Å²) in [5.41, 5.74) is -1.34. The number of carbonyl (C=O) groups excluding carboxylic acids is 1. The highest BCUT2D eigenvalue weighted by Crippen LogP contribution is 2.22. The lowest BCUT2D eigenvalue weighted by atomic mass is 10.0. The summed E-state index contributed by atoms with van der Waals surface area (Å²) in [5.74, 6) is -1.54. The van der Waals surface area contributed by atoms with E-state index in [0.29, 0.717) is 19.6 Å². The fourth-order valence-electron chi connectivity index (χ4n) is 2.10. The normalized spacial score (nSPS) is 21.2. The maximum Gasteiger partial charge on any atom is 0.270 e. The van der Waals surface area contributed by atoms with Crippen molar-refractivity contribution in [1.29, 1.82) is 0 Å². The summed E-state index contributed by atoms with van der Waals surface area (Å²) < 4.78 is 24.2. The molecule has 1 aliphatic heterocycles. The van der Waals surface area contributed by atoms with E-state index >= 15 is 0 Å². The summed E-state index contributed by atoms with van der Waals surface area (Å²) in [6.07, 6.45) is 0.612. The molecule has 0 aliphatic carbocycles. The molecule has 1 saturated heterocycles. The summed E-state index contributed by atoms with van der Waals surface area (Å²) in [7, 11) is 1.51. The highest BCUT2D eigenvalue weighted by atomic mass is 19.1. The molecule has 1 aliphatic rings. The summed E-state index contributed by atoms with van der Waals surface area (Å²) in [4.78, 5) is 22.0.